The fourth-order valence-electron chi connectivity index (χ4n) is 3.61. The molecule has 6 heteroatoms. The maximum absolute atomic E-state index is 13.2. The largest absolute Gasteiger partial charge is 0.396 e. The number of aliphatic hydroxyl groups is 1. The number of nitrogens with zero attached hydrogens (tertiary/aromatic N) is 2. The average molecular weight is 381 g/mol. The van der Waals surface area contributed by atoms with Crippen LogP contribution in [-0.4, -0.2) is 32.7 Å². The molecule has 4 rings (SSSR count). The molecule has 0 saturated carbocycles. The van der Waals surface area contributed by atoms with E-state index in [4.69, 9.17) is 0 Å². The molecule has 1 atom stereocenters. The Morgan fingerprint density at radius 1 is 1.14 bits per heavy atom. The van der Waals surface area contributed by atoms with Crippen LogP contribution in [0.3, 0.4) is 0 Å². The Balaban J connectivity index is 0.00000225. The molecule has 0 saturated heterocycles. The Bertz CT molecular complexity index is 938. The number of hydrogen-bond donors (Lipinski definition) is 2. The van der Waals surface area contributed by atoms with Crippen LogP contribution in [-0.2, 0) is 17.9 Å². The van der Waals surface area contributed by atoms with E-state index in [2.05, 4.69) is 10.2 Å². The van der Waals surface area contributed by atoms with Gasteiger partial charge in [0.25, 0.3) is 0 Å². The summed E-state index contributed by atoms with van der Waals surface area (Å²) in [6.45, 7) is 0.857. The number of aromatic amines is 1. The number of nitrogens with one attached hydrogen (secondary N) is 1. The number of H-pyrrole nitrogens is 1. The fourth-order valence-corrected chi connectivity index (χ4v) is 3.61. The second-order valence-corrected chi connectivity index (χ2v) is 6.71. The first-order valence-corrected chi connectivity index (χ1v) is 8.94. The van der Waals surface area contributed by atoms with Crippen LogP contribution in [0, 0.1) is 5.82 Å². The highest BCUT2D eigenvalue weighted by atomic mass is 19.1. The number of benzene rings is 2. The summed E-state index contributed by atoms with van der Waals surface area (Å²) in [5.74, 6) is -0.676. The van der Waals surface area contributed by atoms with Crippen molar-refractivity contribution >= 4 is 5.91 Å². The number of rotatable bonds is 5. The molecule has 1 aromatic heterocycles. The zero-order chi connectivity index (χ0) is 18.8. The third kappa shape index (κ3) is 3.68. The van der Waals surface area contributed by atoms with Crippen LogP contribution in [0.25, 0.3) is 11.3 Å². The molecule has 0 bridgehead atoms. The van der Waals surface area contributed by atoms with Crippen molar-refractivity contribution in [2.24, 2.45) is 0 Å². The Morgan fingerprint density at radius 2 is 1.86 bits per heavy atom. The van der Waals surface area contributed by atoms with Gasteiger partial charge in [-0.15, -0.1) is 0 Å². The van der Waals surface area contributed by atoms with Gasteiger partial charge in [0.1, 0.15) is 5.82 Å². The van der Waals surface area contributed by atoms with Gasteiger partial charge in [0.05, 0.1) is 30.4 Å². The van der Waals surface area contributed by atoms with Gasteiger partial charge in [-0.25, -0.2) is 4.39 Å². The van der Waals surface area contributed by atoms with E-state index in [1.54, 1.807) is 17.0 Å². The van der Waals surface area contributed by atoms with Crippen molar-refractivity contribution in [2.45, 2.75) is 32.9 Å². The molecule has 28 heavy (non-hydrogen) atoms. The van der Waals surface area contributed by atoms with Gasteiger partial charge in [0, 0.05) is 17.7 Å². The van der Waals surface area contributed by atoms with Gasteiger partial charge in [-0.2, -0.15) is 5.10 Å². The van der Waals surface area contributed by atoms with Crippen LogP contribution in [0.2, 0.25) is 0 Å². The van der Waals surface area contributed by atoms with Crippen molar-refractivity contribution in [1.29, 1.82) is 0 Å². The van der Waals surface area contributed by atoms with E-state index in [-0.39, 0.29) is 31.7 Å². The summed E-state index contributed by atoms with van der Waals surface area (Å²) in [6.07, 6.45) is 0.385. The second-order valence-electron chi connectivity index (χ2n) is 6.71. The molecule has 1 amide bonds. The highest BCUT2D eigenvalue weighted by Crippen LogP contribution is 2.33. The molecule has 0 aliphatic carbocycles. The molecule has 0 spiro atoms. The number of amides is 1. The van der Waals surface area contributed by atoms with E-state index in [9.17, 15) is 14.3 Å². The third-order valence-electron chi connectivity index (χ3n) is 5.00. The fraction of sp³-hybridized carbons (Fsp3) is 0.273. The molecule has 146 valence electrons. The Hall–Kier alpha value is -2.99. The van der Waals surface area contributed by atoms with Crippen LogP contribution in [0.4, 0.5) is 4.39 Å². The topological polar surface area (TPSA) is 69.2 Å². The zero-order valence-corrected chi connectivity index (χ0v) is 14.7. The lowest BCUT2D eigenvalue weighted by molar-refractivity contribution is -0.133. The monoisotopic (exact) mass is 381 g/mol. The van der Waals surface area contributed by atoms with Gasteiger partial charge < -0.3 is 10.0 Å². The van der Waals surface area contributed by atoms with Crippen LogP contribution in [0.1, 0.15) is 36.6 Å². The van der Waals surface area contributed by atoms with Crippen molar-refractivity contribution in [3.8, 4) is 11.3 Å². The van der Waals surface area contributed by atoms with Gasteiger partial charge in [-0.3, -0.25) is 9.89 Å². The highest BCUT2D eigenvalue weighted by Gasteiger charge is 2.32. The molecule has 2 aromatic carbocycles. The van der Waals surface area contributed by atoms with Gasteiger partial charge in [-0.1, -0.05) is 37.8 Å². The number of halogens is 1. The molecule has 1 aliphatic heterocycles. The van der Waals surface area contributed by atoms with E-state index < -0.39 is 0 Å². The van der Waals surface area contributed by atoms with Gasteiger partial charge in [-0.05, 0) is 36.2 Å². The van der Waals surface area contributed by atoms with E-state index in [1.165, 1.54) is 12.1 Å². The molecule has 3 aromatic rings. The average Bonchev–Trinajstić information content (AvgIpc) is 3.28. The lowest BCUT2D eigenvalue weighted by atomic mass is 9.94. The highest BCUT2D eigenvalue weighted by molar-refractivity contribution is 5.84. The Labute approximate surface area is 163 Å². The molecule has 5 nitrogen and oxygen atoms in total. The van der Waals surface area contributed by atoms with Crippen LogP contribution in [0.5, 0.6) is 0 Å². The first-order chi connectivity index (χ1) is 13.2. The molecular formula is C22H24FN3O2. The van der Waals surface area contributed by atoms with Crippen molar-refractivity contribution in [1.82, 2.24) is 15.1 Å². The van der Waals surface area contributed by atoms with Gasteiger partial charge in [0.15, 0.2) is 0 Å². The van der Waals surface area contributed by atoms with Crippen molar-refractivity contribution in [3.63, 3.8) is 0 Å². The standard InChI is InChI=1S/C21H20FN3O2.CH4/c22-16-8-6-15(7-9-16)20-18-12-25(13-19(18)23-24-20)21(27)17(10-11-26)14-4-2-1-3-5-14;/h1-9,17,26H,10-13H2,(H,23,24);1H4. The minimum absolute atomic E-state index is 0. The smallest absolute Gasteiger partial charge is 0.230 e. The van der Waals surface area contributed by atoms with Crippen molar-refractivity contribution < 1.29 is 14.3 Å². The quantitative estimate of drug-likeness (QED) is 0.705. The molecule has 1 aliphatic rings. The Morgan fingerprint density at radius 3 is 2.54 bits per heavy atom. The van der Waals surface area contributed by atoms with Crippen LogP contribution in [0.15, 0.2) is 54.6 Å². The Kier molecular flexibility index (Phi) is 5.90. The number of aliphatic hydroxyl groups excluding tert-OH is 1. The van der Waals surface area contributed by atoms with Crippen molar-refractivity contribution in [3.05, 3.63) is 77.2 Å². The van der Waals surface area contributed by atoms with E-state index in [1.807, 2.05) is 30.3 Å². The summed E-state index contributed by atoms with van der Waals surface area (Å²) in [7, 11) is 0. The number of hydrogen-bond acceptors (Lipinski definition) is 3. The van der Waals surface area contributed by atoms with Gasteiger partial charge in [0.2, 0.25) is 5.91 Å². The summed E-state index contributed by atoms with van der Waals surface area (Å²) in [5, 5.41) is 16.8. The first-order valence-electron chi connectivity index (χ1n) is 8.94. The SMILES string of the molecule is C.O=C(C(CCO)c1ccccc1)N1Cc2[nH]nc(-c3ccc(F)cc3)c2C1. The maximum Gasteiger partial charge on any atom is 0.230 e. The van der Waals surface area contributed by atoms with Crippen LogP contribution >= 0.6 is 0 Å². The predicted molar refractivity (Wildman–Crippen MR) is 106 cm³/mol. The van der Waals surface area contributed by atoms with E-state index in [0.29, 0.717) is 19.5 Å². The summed E-state index contributed by atoms with van der Waals surface area (Å²) >= 11 is 0. The second kappa shape index (κ2) is 8.35. The van der Waals surface area contributed by atoms with Gasteiger partial charge >= 0.3 is 0 Å². The zero-order valence-electron chi connectivity index (χ0n) is 14.7. The number of carbonyl (C=O) groups is 1. The van der Waals surface area contributed by atoms with E-state index in [0.717, 1.165) is 28.1 Å². The minimum Gasteiger partial charge on any atom is -0.396 e. The third-order valence-corrected chi connectivity index (χ3v) is 5.00. The number of fused-ring (bicyclic) bond motifs is 1. The number of carbonyl (C=O) groups excluding carboxylic acids is 1. The summed E-state index contributed by atoms with van der Waals surface area (Å²) in [6, 6.07) is 15.7. The molecule has 2 heterocycles. The lowest BCUT2D eigenvalue weighted by Gasteiger charge is -2.23. The molecule has 0 radical (unpaired) electrons. The minimum atomic E-state index is -0.373. The predicted octanol–water partition coefficient (Wildman–Crippen LogP) is 3.86. The molecule has 0 fully saturated rings. The van der Waals surface area contributed by atoms with Crippen LogP contribution < -0.4 is 0 Å². The first kappa shape index (κ1) is 19.8. The maximum atomic E-state index is 13.2. The molecule has 2 N–H and O–H groups in total. The lowest BCUT2D eigenvalue weighted by Crippen LogP contribution is -2.31. The van der Waals surface area contributed by atoms with E-state index >= 15 is 0 Å². The normalized spacial score (nSPS) is 13.7. The summed E-state index contributed by atoms with van der Waals surface area (Å²) in [4.78, 5) is 14.9. The number of aromatic nitrogens is 2. The molecule has 1 unspecified atom stereocenters. The van der Waals surface area contributed by atoms with Crippen molar-refractivity contribution in [2.75, 3.05) is 6.61 Å². The summed E-state index contributed by atoms with van der Waals surface area (Å²) in [5.41, 5.74) is 4.34. The summed E-state index contributed by atoms with van der Waals surface area (Å²) < 4.78 is 13.2. The molecular weight excluding hydrogens is 357 g/mol.